The molecule has 2 atom stereocenters. The molecule has 0 aromatic carbocycles. The fourth-order valence-corrected chi connectivity index (χ4v) is 2.62. The van der Waals surface area contributed by atoms with Crippen molar-refractivity contribution in [3.8, 4) is 0 Å². The predicted molar refractivity (Wildman–Crippen MR) is 43.7 cm³/mol. The Kier molecular flexibility index (Phi) is 2.86. The maximum atomic E-state index is 5.59. The van der Waals surface area contributed by atoms with E-state index in [2.05, 4.69) is 6.26 Å². The molecule has 9 heavy (non-hydrogen) atoms. The Morgan fingerprint density at radius 3 is 2.78 bits per heavy atom. The maximum Gasteiger partial charge on any atom is 0.00845 e. The van der Waals surface area contributed by atoms with Crippen LogP contribution in [0, 0.1) is 5.92 Å². The van der Waals surface area contributed by atoms with Gasteiger partial charge in [0.15, 0.2) is 0 Å². The zero-order chi connectivity index (χ0) is 6.69. The van der Waals surface area contributed by atoms with Gasteiger partial charge in [-0.05, 0) is 31.6 Å². The average molecular weight is 145 g/mol. The highest BCUT2D eigenvalue weighted by Crippen LogP contribution is 2.32. The van der Waals surface area contributed by atoms with Gasteiger partial charge in [-0.1, -0.05) is 6.42 Å². The van der Waals surface area contributed by atoms with E-state index in [0.717, 1.165) is 17.7 Å². The molecule has 1 fully saturated rings. The standard InChI is InChI=1S/C7H15NS/c1-9-7-4-2-3-6(7)5-8/h6-7H,2-5,8H2,1H3. The maximum absolute atomic E-state index is 5.59. The summed E-state index contributed by atoms with van der Waals surface area (Å²) in [6, 6.07) is 0. The molecule has 1 rings (SSSR count). The van der Waals surface area contributed by atoms with E-state index in [4.69, 9.17) is 5.73 Å². The summed E-state index contributed by atoms with van der Waals surface area (Å²) in [7, 11) is 0. The van der Waals surface area contributed by atoms with Gasteiger partial charge in [0, 0.05) is 5.25 Å². The molecule has 0 aromatic heterocycles. The molecular weight excluding hydrogens is 130 g/mol. The first kappa shape index (κ1) is 7.42. The Morgan fingerprint density at radius 2 is 2.33 bits per heavy atom. The molecule has 54 valence electrons. The van der Waals surface area contributed by atoms with Crippen LogP contribution in [0.15, 0.2) is 0 Å². The third kappa shape index (κ3) is 1.62. The number of thioether (sulfide) groups is 1. The molecule has 2 unspecified atom stereocenters. The number of hydrogen-bond acceptors (Lipinski definition) is 2. The van der Waals surface area contributed by atoms with Gasteiger partial charge in [-0.15, -0.1) is 0 Å². The third-order valence-corrected chi connectivity index (χ3v) is 3.42. The molecular formula is C7H15NS. The van der Waals surface area contributed by atoms with Crippen LogP contribution in [0.1, 0.15) is 19.3 Å². The van der Waals surface area contributed by atoms with Crippen molar-refractivity contribution in [2.45, 2.75) is 24.5 Å². The highest BCUT2D eigenvalue weighted by Gasteiger charge is 2.24. The molecule has 0 amide bonds. The lowest BCUT2D eigenvalue weighted by atomic mass is 10.1. The molecule has 1 nitrogen and oxygen atoms in total. The van der Waals surface area contributed by atoms with E-state index in [1.54, 1.807) is 0 Å². The minimum absolute atomic E-state index is 0.819. The van der Waals surface area contributed by atoms with Crippen LogP contribution in [0.5, 0.6) is 0 Å². The van der Waals surface area contributed by atoms with Crippen molar-refractivity contribution in [3.63, 3.8) is 0 Å². The summed E-state index contributed by atoms with van der Waals surface area (Å²) in [5.41, 5.74) is 5.59. The third-order valence-electron chi connectivity index (χ3n) is 2.19. The van der Waals surface area contributed by atoms with Gasteiger partial charge in [-0.25, -0.2) is 0 Å². The number of nitrogens with two attached hydrogens (primary N) is 1. The SMILES string of the molecule is CSC1CCCC1CN. The van der Waals surface area contributed by atoms with Crippen molar-refractivity contribution in [2.75, 3.05) is 12.8 Å². The lowest BCUT2D eigenvalue weighted by molar-refractivity contribution is 0.574. The summed E-state index contributed by atoms with van der Waals surface area (Å²) in [6.45, 7) is 0.894. The Hall–Kier alpha value is 0.310. The molecule has 0 aromatic rings. The van der Waals surface area contributed by atoms with Crippen molar-refractivity contribution in [1.29, 1.82) is 0 Å². The van der Waals surface area contributed by atoms with Gasteiger partial charge in [-0.2, -0.15) is 11.8 Å². The molecule has 0 spiro atoms. The van der Waals surface area contributed by atoms with Gasteiger partial charge in [0.25, 0.3) is 0 Å². The van der Waals surface area contributed by atoms with Crippen LogP contribution >= 0.6 is 11.8 Å². The van der Waals surface area contributed by atoms with E-state index >= 15 is 0 Å². The van der Waals surface area contributed by atoms with Gasteiger partial charge in [0.2, 0.25) is 0 Å². The summed E-state index contributed by atoms with van der Waals surface area (Å²) in [4.78, 5) is 0. The van der Waals surface area contributed by atoms with Crippen LogP contribution in [0.2, 0.25) is 0 Å². The van der Waals surface area contributed by atoms with E-state index in [9.17, 15) is 0 Å². The summed E-state index contributed by atoms with van der Waals surface area (Å²) in [6.07, 6.45) is 6.34. The normalized spacial score (nSPS) is 35.3. The Labute approximate surface area is 61.4 Å². The number of rotatable bonds is 2. The molecule has 1 aliphatic rings. The van der Waals surface area contributed by atoms with Gasteiger partial charge in [-0.3, -0.25) is 0 Å². The molecule has 0 saturated heterocycles. The molecule has 1 saturated carbocycles. The van der Waals surface area contributed by atoms with Crippen LogP contribution in [-0.4, -0.2) is 18.1 Å². The van der Waals surface area contributed by atoms with E-state index < -0.39 is 0 Å². The van der Waals surface area contributed by atoms with Crippen LogP contribution in [0.25, 0.3) is 0 Å². The Bertz CT molecular complexity index is 75.0. The van der Waals surface area contributed by atoms with E-state index in [-0.39, 0.29) is 0 Å². The van der Waals surface area contributed by atoms with Crippen LogP contribution < -0.4 is 5.73 Å². The van der Waals surface area contributed by atoms with E-state index in [1.807, 2.05) is 11.8 Å². The van der Waals surface area contributed by atoms with E-state index in [1.165, 1.54) is 19.3 Å². The summed E-state index contributed by atoms with van der Waals surface area (Å²) < 4.78 is 0. The fourth-order valence-electron chi connectivity index (χ4n) is 1.58. The lowest BCUT2D eigenvalue weighted by Gasteiger charge is -2.13. The highest BCUT2D eigenvalue weighted by molar-refractivity contribution is 7.99. The Balaban J connectivity index is 2.32. The summed E-state index contributed by atoms with van der Waals surface area (Å²) in [5.74, 6) is 0.819. The smallest absolute Gasteiger partial charge is 0.00845 e. The Morgan fingerprint density at radius 1 is 1.56 bits per heavy atom. The lowest BCUT2D eigenvalue weighted by Crippen LogP contribution is -2.19. The van der Waals surface area contributed by atoms with Crippen molar-refractivity contribution in [2.24, 2.45) is 11.7 Å². The zero-order valence-corrected chi connectivity index (χ0v) is 6.79. The largest absolute Gasteiger partial charge is 0.330 e. The monoisotopic (exact) mass is 145 g/mol. The highest BCUT2D eigenvalue weighted by atomic mass is 32.2. The van der Waals surface area contributed by atoms with Gasteiger partial charge >= 0.3 is 0 Å². The van der Waals surface area contributed by atoms with Crippen LogP contribution in [0.4, 0.5) is 0 Å². The van der Waals surface area contributed by atoms with Crippen molar-refractivity contribution in [3.05, 3.63) is 0 Å². The van der Waals surface area contributed by atoms with Gasteiger partial charge < -0.3 is 5.73 Å². The molecule has 2 heteroatoms. The average Bonchev–Trinajstić information content (AvgIpc) is 2.33. The minimum atomic E-state index is 0.819. The molecule has 2 N–H and O–H groups in total. The second-order valence-corrected chi connectivity index (χ2v) is 3.78. The minimum Gasteiger partial charge on any atom is -0.330 e. The van der Waals surface area contributed by atoms with Crippen LogP contribution in [-0.2, 0) is 0 Å². The first-order valence-electron chi connectivity index (χ1n) is 3.61. The zero-order valence-electron chi connectivity index (χ0n) is 5.97. The topological polar surface area (TPSA) is 26.0 Å². The van der Waals surface area contributed by atoms with Crippen molar-refractivity contribution in [1.82, 2.24) is 0 Å². The first-order chi connectivity index (χ1) is 4.38. The molecule has 0 bridgehead atoms. The summed E-state index contributed by atoms with van der Waals surface area (Å²) in [5, 5.41) is 0.870. The fraction of sp³-hybridized carbons (Fsp3) is 1.00. The van der Waals surface area contributed by atoms with Crippen LogP contribution in [0.3, 0.4) is 0 Å². The van der Waals surface area contributed by atoms with Crippen molar-refractivity contribution < 1.29 is 0 Å². The van der Waals surface area contributed by atoms with Crippen molar-refractivity contribution >= 4 is 11.8 Å². The van der Waals surface area contributed by atoms with E-state index in [0.29, 0.717) is 0 Å². The molecule has 0 radical (unpaired) electrons. The molecule has 0 heterocycles. The number of hydrogen-bond donors (Lipinski definition) is 1. The second-order valence-electron chi connectivity index (χ2n) is 2.70. The molecule has 0 aliphatic heterocycles. The predicted octanol–water partition coefficient (Wildman–Crippen LogP) is 1.48. The van der Waals surface area contributed by atoms with Gasteiger partial charge in [0.1, 0.15) is 0 Å². The quantitative estimate of drug-likeness (QED) is 0.637. The first-order valence-corrected chi connectivity index (χ1v) is 4.90. The second kappa shape index (κ2) is 3.47. The summed E-state index contributed by atoms with van der Waals surface area (Å²) >= 11 is 1.99. The molecule has 1 aliphatic carbocycles. The van der Waals surface area contributed by atoms with Gasteiger partial charge in [0.05, 0.1) is 0 Å².